The van der Waals surface area contributed by atoms with Crippen LogP contribution in [0.1, 0.15) is 17.0 Å². The van der Waals surface area contributed by atoms with E-state index in [1.165, 1.54) is 18.7 Å². The van der Waals surface area contributed by atoms with Crippen molar-refractivity contribution >= 4 is 17.6 Å². The second kappa shape index (κ2) is 7.32. The molecule has 3 rings (SSSR count). The second-order valence-electron chi connectivity index (χ2n) is 6.09. The minimum Gasteiger partial charge on any atom is -0.469 e. The van der Waals surface area contributed by atoms with Crippen LogP contribution in [0.2, 0.25) is 5.02 Å². The summed E-state index contributed by atoms with van der Waals surface area (Å²) in [7, 11) is 1.39. The summed E-state index contributed by atoms with van der Waals surface area (Å²) in [5.74, 6) is -1.13. The van der Waals surface area contributed by atoms with Gasteiger partial charge in [0.15, 0.2) is 0 Å². The van der Waals surface area contributed by atoms with E-state index >= 15 is 0 Å². The van der Waals surface area contributed by atoms with E-state index in [1.807, 2.05) is 18.2 Å². The topological polar surface area (TPSA) is 29.5 Å². The molecular weight excluding hydrogens is 329 g/mol. The molecule has 2 atom stereocenters. The fourth-order valence-electron chi connectivity index (χ4n) is 3.33. The maximum absolute atomic E-state index is 13.8. The maximum Gasteiger partial charge on any atom is 0.310 e. The first-order valence-electron chi connectivity index (χ1n) is 7.87. The summed E-state index contributed by atoms with van der Waals surface area (Å²) in [5, 5.41) is 0.0903. The van der Waals surface area contributed by atoms with E-state index in [-0.39, 0.29) is 22.8 Å². The van der Waals surface area contributed by atoms with Gasteiger partial charge in [-0.1, -0.05) is 48.0 Å². The van der Waals surface area contributed by atoms with Gasteiger partial charge in [-0.25, -0.2) is 4.39 Å². The summed E-state index contributed by atoms with van der Waals surface area (Å²) in [6.07, 6.45) is 0. The van der Waals surface area contributed by atoms with Gasteiger partial charge < -0.3 is 4.74 Å². The Balaban J connectivity index is 1.82. The summed E-state index contributed by atoms with van der Waals surface area (Å²) in [4.78, 5) is 14.4. The van der Waals surface area contributed by atoms with Gasteiger partial charge >= 0.3 is 5.97 Å². The van der Waals surface area contributed by atoms with Crippen molar-refractivity contribution in [1.29, 1.82) is 0 Å². The first kappa shape index (κ1) is 16.9. The Kier molecular flexibility index (Phi) is 5.17. The van der Waals surface area contributed by atoms with Crippen LogP contribution in [0.5, 0.6) is 0 Å². The molecule has 1 fully saturated rings. The summed E-state index contributed by atoms with van der Waals surface area (Å²) >= 11 is 5.77. The summed E-state index contributed by atoms with van der Waals surface area (Å²) < 4.78 is 18.8. The average molecular weight is 348 g/mol. The van der Waals surface area contributed by atoms with Crippen molar-refractivity contribution < 1.29 is 13.9 Å². The third-order valence-corrected chi connectivity index (χ3v) is 4.83. The molecule has 1 aliphatic rings. The molecule has 1 aliphatic heterocycles. The minimum absolute atomic E-state index is 0.0903. The molecule has 0 bridgehead atoms. The molecule has 1 unspecified atom stereocenters. The predicted molar refractivity (Wildman–Crippen MR) is 91.4 cm³/mol. The Labute approximate surface area is 146 Å². The molecule has 0 radical (unpaired) electrons. The fourth-order valence-corrected chi connectivity index (χ4v) is 3.44. The van der Waals surface area contributed by atoms with Crippen molar-refractivity contribution in [2.75, 3.05) is 20.2 Å². The lowest BCUT2D eigenvalue weighted by molar-refractivity contribution is -0.145. The number of benzene rings is 2. The van der Waals surface area contributed by atoms with Crippen LogP contribution < -0.4 is 0 Å². The zero-order chi connectivity index (χ0) is 17.1. The lowest BCUT2D eigenvalue weighted by Gasteiger charge is -2.17. The number of ether oxygens (including phenoxy) is 1. The molecule has 2 aromatic rings. The number of likely N-dealkylation sites (tertiary alicyclic amines) is 1. The van der Waals surface area contributed by atoms with E-state index in [0.29, 0.717) is 13.1 Å². The Bertz CT molecular complexity index is 723. The Morgan fingerprint density at radius 1 is 1.25 bits per heavy atom. The first-order valence-corrected chi connectivity index (χ1v) is 8.25. The third-order valence-electron chi connectivity index (χ3n) is 4.52. The normalized spacial score (nSPS) is 21.0. The number of hydrogen-bond donors (Lipinski definition) is 0. The molecule has 0 spiro atoms. The number of esters is 1. The molecule has 3 nitrogen and oxygen atoms in total. The minimum atomic E-state index is -0.459. The van der Waals surface area contributed by atoms with E-state index in [1.54, 1.807) is 12.1 Å². The van der Waals surface area contributed by atoms with Crippen LogP contribution in [-0.2, 0) is 16.1 Å². The molecule has 5 heteroatoms. The molecule has 2 aromatic carbocycles. The molecule has 126 valence electrons. The Hall–Kier alpha value is -1.91. The van der Waals surface area contributed by atoms with Crippen molar-refractivity contribution in [2.45, 2.75) is 12.5 Å². The molecule has 0 aromatic heterocycles. The monoisotopic (exact) mass is 347 g/mol. The highest BCUT2D eigenvalue weighted by Gasteiger charge is 2.39. The molecule has 1 heterocycles. The lowest BCUT2D eigenvalue weighted by Crippen LogP contribution is -2.24. The van der Waals surface area contributed by atoms with Gasteiger partial charge in [0.1, 0.15) is 5.82 Å². The lowest BCUT2D eigenvalue weighted by atomic mass is 9.89. The van der Waals surface area contributed by atoms with Crippen molar-refractivity contribution in [3.8, 4) is 0 Å². The van der Waals surface area contributed by atoms with Gasteiger partial charge in [0.2, 0.25) is 0 Å². The van der Waals surface area contributed by atoms with E-state index in [0.717, 1.165) is 12.1 Å². The average Bonchev–Trinajstić information content (AvgIpc) is 3.01. The van der Waals surface area contributed by atoms with Crippen LogP contribution in [0, 0.1) is 11.7 Å². The van der Waals surface area contributed by atoms with Gasteiger partial charge in [0, 0.05) is 25.6 Å². The Morgan fingerprint density at radius 3 is 2.67 bits per heavy atom. The zero-order valence-electron chi connectivity index (χ0n) is 13.4. The number of methoxy groups -OCH3 is 1. The quantitative estimate of drug-likeness (QED) is 0.786. The number of halogens is 2. The van der Waals surface area contributed by atoms with Gasteiger partial charge in [0.25, 0.3) is 0 Å². The summed E-state index contributed by atoms with van der Waals surface area (Å²) in [6, 6.07) is 14.8. The van der Waals surface area contributed by atoms with Crippen molar-refractivity contribution in [1.82, 2.24) is 4.90 Å². The second-order valence-corrected chi connectivity index (χ2v) is 6.50. The van der Waals surface area contributed by atoms with Crippen molar-refractivity contribution in [3.63, 3.8) is 0 Å². The van der Waals surface area contributed by atoms with Crippen LogP contribution in [0.3, 0.4) is 0 Å². The summed E-state index contributed by atoms with van der Waals surface area (Å²) in [5.41, 5.74) is 1.96. The molecule has 0 aliphatic carbocycles. The van der Waals surface area contributed by atoms with Gasteiger partial charge in [-0.2, -0.15) is 0 Å². The molecule has 1 saturated heterocycles. The van der Waals surface area contributed by atoms with Gasteiger partial charge in [0.05, 0.1) is 18.1 Å². The largest absolute Gasteiger partial charge is 0.469 e. The van der Waals surface area contributed by atoms with Gasteiger partial charge in [-0.05, 0) is 23.3 Å². The highest BCUT2D eigenvalue weighted by atomic mass is 35.5. The first-order chi connectivity index (χ1) is 11.6. The third kappa shape index (κ3) is 3.60. The molecule has 0 N–H and O–H groups in total. The van der Waals surface area contributed by atoms with Crippen LogP contribution in [0.15, 0.2) is 48.5 Å². The smallest absolute Gasteiger partial charge is 0.310 e. The number of carbonyl (C=O) groups is 1. The number of carbonyl (C=O) groups excluding carboxylic acids is 1. The molecular formula is C19H19ClFNO2. The van der Waals surface area contributed by atoms with E-state index < -0.39 is 5.82 Å². The van der Waals surface area contributed by atoms with Crippen LogP contribution in [0.4, 0.5) is 4.39 Å². The number of hydrogen-bond acceptors (Lipinski definition) is 3. The van der Waals surface area contributed by atoms with Crippen LogP contribution in [0.25, 0.3) is 0 Å². The van der Waals surface area contributed by atoms with Gasteiger partial charge in [-0.15, -0.1) is 0 Å². The van der Waals surface area contributed by atoms with Crippen LogP contribution in [-0.4, -0.2) is 31.1 Å². The molecule has 0 saturated carbocycles. The number of rotatable bonds is 4. The maximum atomic E-state index is 13.8. The zero-order valence-corrected chi connectivity index (χ0v) is 14.2. The van der Waals surface area contributed by atoms with E-state index in [4.69, 9.17) is 16.3 Å². The molecule has 0 amide bonds. The summed E-state index contributed by atoms with van der Waals surface area (Å²) in [6.45, 7) is 2.02. The molecule has 24 heavy (non-hydrogen) atoms. The predicted octanol–water partition coefficient (Wildman–Crippen LogP) is 3.87. The van der Waals surface area contributed by atoms with Crippen LogP contribution >= 0.6 is 11.6 Å². The highest BCUT2D eigenvalue weighted by Crippen LogP contribution is 2.35. The van der Waals surface area contributed by atoms with Gasteiger partial charge in [-0.3, -0.25) is 9.69 Å². The number of nitrogens with zero attached hydrogens (tertiary/aromatic N) is 1. The standard InChI is InChI=1S/C19H19ClFNO2/c1-24-19(23)16-12-22(10-13-5-3-2-4-6-13)11-15(16)14-7-8-17(20)18(21)9-14/h2-9,15-16H,10-12H2,1H3/t15-,16?/m0/s1. The van der Waals surface area contributed by atoms with Crippen molar-refractivity contribution in [2.24, 2.45) is 5.92 Å². The highest BCUT2D eigenvalue weighted by molar-refractivity contribution is 6.30. The van der Waals surface area contributed by atoms with Crippen molar-refractivity contribution in [3.05, 3.63) is 70.5 Å². The Morgan fingerprint density at radius 2 is 2.00 bits per heavy atom. The SMILES string of the molecule is COC(=O)C1CN(Cc2ccccc2)C[C@H]1c1ccc(Cl)c(F)c1. The fraction of sp³-hybridized carbons (Fsp3) is 0.316. The van der Waals surface area contributed by atoms with E-state index in [9.17, 15) is 9.18 Å². The van der Waals surface area contributed by atoms with E-state index in [2.05, 4.69) is 17.0 Å².